The van der Waals surface area contributed by atoms with E-state index < -0.39 is 0 Å². The number of benzene rings is 1. The minimum Gasteiger partial charge on any atom is -0.339 e. The van der Waals surface area contributed by atoms with Gasteiger partial charge in [0.15, 0.2) is 0 Å². The Balaban J connectivity index is 1.53. The predicted molar refractivity (Wildman–Crippen MR) is 99.6 cm³/mol. The summed E-state index contributed by atoms with van der Waals surface area (Å²) >= 11 is 0. The summed E-state index contributed by atoms with van der Waals surface area (Å²) in [4.78, 5) is 14.3. The molecule has 2 aromatic rings. The Morgan fingerprint density at radius 3 is 2.48 bits per heavy atom. The lowest BCUT2D eigenvalue weighted by molar-refractivity contribution is 0.0793. The Labute approximate surface area is 150 Å². The summed E-state index contributed by atoms with van der Waals surface area (Å²) < 4.78 is 2.00. The zero-order valence-corrected chi connectivity index (χ0v) is 15.4. The molecule has 0 saturated carbocycles. The number of aromatic nitrogens is 2. The number of aryl methyl sites for hydroxylation is 1. The van der Waals surface area contributed by atoms with Gasteiger partial charge in [-0.05, 0) is 56.9 Å². The zero-order chi connectivity index (χ0) is 17.8. The SMILES string of the molecule is Cc1cnn(C(C)C(C)NCc2ccc(C(=O)N3CCCC3)cc2)c1. The Morgan fingerprint density at radius 2 is 1.88 bits per heavy atom. The van der Waals surface area contributed by atoms with Gasteiger partial charge in [-0.15, -0.1) is 0 Å². The van der Waals surface area contributed by atoms with Crippen molar-refractivity contribution in [2.45, 2.75) is 52.2 Å². The maximum Gasteiger partial charge on any atom is 0.253 e. The van der Waals surface area contributed by atoms with Crippen LogP contribution in [0.1, 0.15) is 54.2 Å². The number of amides is 1. The summed E-state index contributed by atoms with van der Waals surface area (Å²) in [5.74, 6) is 0.160. The first-order chi connectivity index (χ1) is 12.0. The second-order valence-corrected chi connectivity index (χ2v) is 7.10. The summed E-state index contributed by atoms with van der Waals surface area (Å²) in [6.45, 7) is 8.97. The summed E-state index contributed by atoms with van der Waals surface area (Å²) in [7, 11) is 0. The number of likely N-dealkylation sites (tertiary alicyclic amines) is 1. The highest BCUT2D eigenvalue weighted by atomic mass is 16.2. The normalized spacial score (nSPS) is 16.8. The molecule has 1 saturated heterocycles. The van der Waals surface area contributed by atoms with Crippen molar-refractivity contribution in [2.24, 2.45) is 0 Å². The fourth-order valence-electron chi connectivity index (χ4n) is 3.20. The van der Waals surface area contributed by atoms with Crippen molar-refractivity contribution in [2.75, 3.05) is 13.1 Å². The van der Waals surface area contributed by atoms with E-state index in [4.69, 9.17) is 0 Å². The molecule has 1 fully saturated rings. The molecule has 1 aliphatic heterocycles. The van der Waals surface area contributed by atoms with Crippen molar-refractivity contribution in [3.63, 3.8) is 0 Å². The van der Waals surface area contributed by atoms with Gasteiger partial charge in [0, 0.05) is 37.4 Å². The Morgan fingerprint density at radius 1 is 1.20 bits per heavy atom. The van der Waals surface area contributed by atoms with E-state index in [1.54, 1.807) is 0 Å². The number of hydrogen-bond donors (Lipinski definition) is 1. The van der Waals surface area contributed by atoms with Crippen LogP contribution in [-0.4, -0.2) is 39.7 Å². The van der Waals surface area contributed by atoms with Crippen molar-refractivity contribution >= 4 is 5.91 Å². The molecule has 5 nitrogen and oxygen atoms in total. The van der Waals surface area contributed by atoms with Crippen molar-refractivity contribution in [3.05, 3.63) is 53.3 Å². The molecule has 0 aliphatic carbocycles. The maximum atomic E-state index is 12.4. The van der Waals surface area contributed by atoms with Gasteiger partial charge in [0.2, 0.25) is 0 Å². The smallest absolute Gasteiger partial charge is 0.253 e. The van der Waals surface area contributed by atoms with Gasteiger partial charge in [0.25, 0.3) is 5.91 Å². The molecule has 1 aromatic heterocycles. The quantitative estimate of drug-likeness (QED) is 0.879. The fraction of sp³-hybridized carbons (Fsp3) is 0.500. The van der Waals surface area contributed by atoms with Crippen LogP contribution in [0.4, 0.5) is 0 Å². The summed E-state index contributed by atoms with van der Waals surface area (Å²) in [5, 5.41) is 7.95. The fourth-order valence-corrected chi connectivity index (χ4v) is 3.20. The minimum absolute atomic E-state index is 0.160. The third-order valence-corrected chi connectivity index (χ3v) is 5.09. The average molecular weight is 340 g/mol. The molecule has 1 aromatic carbocycles. The highest BCUT2D eigenvalue weighted by Crippen LogP contribution is 2.15. The van der Waals surface area contributed by atoms with Crippen molar-refractivity contribution < 1.29 is 4.79 Å². The number of carbonyl (C=O) groups is 1. The van der Waals surface area contributed by atoms with Crippen LogP contribution >= 0.6 is 0 Å². The zero-order valence-electron chi connectivity index (χ0n) is 15.4. The molecule has 2 atom stereocenters. The van der Waals surface area contributed by atoms with E-state index in [1.807, 2.05) is 40.0 Å². The monoisotopic (exact) mass is 340 g/mol. The molecule has 25 heavy (non-hydrogen) atoms. The van der Waals surface area contributed by atoms with E-state index in [0.29, 0.717) is 6.04 Å². The molecule has 0 bridgehead atoms. The molecule has 1 N–H and O–H groups in total. The van der Waals surface area contributed by atoms with Gasteiger partial charge in [-0.3, -0.25) is 9.48 Å². The molecule has 0 radical (unpaired) electrons. The van der Waals surface area contributed by atoms with E-state index in [0.717, 1.165) is 38.0 Å². The number of hydrogen-bond acceptors (Lipinski definition) is 3. The Hall–Kier alpha value is -2.14. The van der Waals surface area contributed by atoms with Crippen LogP contribution in [0.3, 0.4) is 0 Å². The number of carbonyl (C=O) groups excluding carboxylic acids is 1. The first-order valence-corrected chi connectivity index (χ1v) is 9.17. The standard InChI is InChI=1S/C20H28N4O/c1-15-12-22-24(14-15)17(3)16(2)21-13-18-6-8-19(9-7-18)20(25)23-10-4-5-11-23/h6-9,12,14,16-17,21H,4-5,10-11,13H2,1-3H3. The molecule has 1 aliphatic rings. The van der Waals surface area contributed by atoms with Gasteiger partial charge in [-0.1, -0.05) is 12.1 Å². The maximum absolute atomic E-state index is 12.4. The first kappa shape index (κ1) is 17.7. The van der Waals surface area contributed by atoms with Crippen molar-refractivity contribution in [1.82, 2.24) is 20.0 Å². The lowest BCUT2D eigenvalue weighted by atomic mass is 10.1. The highest BCUT2D eigenvalue weighted by molar-refractivity contribution is 5.94. The van der Waals surface area contributed by atoms with E-state index in [-0.39, 0.29) is 11.9 Å². The van der Waals surface area contributed by atoms with Crippen LogP contribution in [0, 0.1) is 6.92 Å². The predicted octanol–water partition coefficient (Wildman–Crippen LogP) is 3.17. The third kappa shape index (κ3) is 4.28. The van der Waals surface area contributed by atoms with Crippen LogP contribution in [0.25, 0.3) is 0 Å². The summed E-state index contributed by atoms with van der Waals surface area (Å²) in [6.07, 6.45) is 6.21. The van der Waals surface area contributed by atoms with Crippen LogP contribution in [0.2, 0.25) is 0 Å². The molecular formula is C20H28N4O. The Kier molecular flexibility index (Phi) is 5.53. The van der Waals surface area contributed by atoms with E-state index in [2.05, 4.69) is 37.4 Å². The molecule has 1 amide bonds. The van der Waals surface area contributed by atoms with Gasteiger partial charge in [0.05, 0.1) is 12.2 Å². The van der Waals surface area contributed by atoms with Gasteiger partial charge in [-0.2, -0.15) is 5.10 Å². The average Bonchev–Trinajstić information content (AvgIpc) is 3.30. The van der Waals surface area contributed by atoms with E-state index in [1.165, 1.54) is 11.1 Å². The van der Waals surface area contributed by atoms with Crippen LogP contribution in [0.5, 0.6) is 0 Å². The summed E-state index contributed by atoms with van der Waals surface area (Å²) in [6, 6.07) is 8.57. The van der Waals surface area contributed by atoms with Gasteiger partial charge < -0.3 is 10.2 Å². The molecule has 2 unspecified atom stereocenters. The molecule has 134 valence electrons. The number of nitrogens with one attached hydrogen (secondary N) is 1. The summed E-state index contributed by atoms with van der Waals surface area (Å²) in [5.41, 5.74) is 3.16. The van der Waals surface area contributed by atoms with Crippen LogP contribution in [0.15, 0.2) is 36.7 Å². The van der Waals surface area contributed by atoms with Gasteiger partial charge in [-0.25, -0.2) is 0 Å². The second-order valence-electron chi connectivity index (χ2n) is 7.10. The number of rotatable bonds is 6. The second kappa shape index (κ2) is 7.83. The minimum atomic E-state index is 0.160. The van der Waals surface area contributed by atoms with Gasteiger partial charge >= 0.3 is 0 Å². The number of nitrogens with zero attached hydrogens (tertiary/aromatic N) is 3. The highest BCUT2D eigenvalue weighted by Gasteiger charge is 2.19. The third-order valence-electron chi connectivity index (χ3n) is 5.09. The lowest BCUT2D eigenvalue weighted by Crippen LogP contribution is -2.33. The molecule has 2 heterocycles. The van der Waals surface area contributed by atoms with Crippen LogP contribution in [-0.2, 0) is 6.54 Å². The van der Waals surface area contributed by atoms with Crippen molar-refractivity contribution in [3.8, 4) is 0 Å². The first-order valence-electron chi connectivity index (χ1n) is 9.17. The molecule has 5 heteroatoms. The molecular weight excluding hydrogens is 312 g/mol. The largest absolute Gasteiger partial charge is 0.339 e. The van der Waals surface area contributed by atoms with E-state index in [9.17, 15) is 4.79 Å². The van der Waals surface area contributed by atoms with Crippen molar-refractivity contribution in [1.29, 1.82) is 0 Å². The van der Waals surface area contributed by atoms with Crippen LogP contribution < -0.4 is 5.32 Å². The lowest BCUT2D eigenvalue weighted by Gasteiger charge is -2.22. The Bertz CT molecular complexity index is 701. The topological polar surface area (TPSA) is 50.2 Å². The van der Waals surface area contributed by atoms with E-state index >= 15 is 0 Å². The van der Waals surface area contributed by atoms with Gasteiger partial charge in [0.1, 0.15) is 0 Å². The molecule has 3 rings (SSSR count). The molecule has 0 spiro atoms.